The number of ether oxygens (including phenoxy) is 2. The van der Waals surface area contributed by atoms with Crippen molar-refractivity contribution in [3.8, 4) is 5.75 Å². The van der Waals surface area contributed by atoms with Gasteiger partial charge in [0, 0.05) is 19.2 Å². The SMILES string of the molecule is COC1CCC2(CC1)Cc1ccc(OCCC(F)(F)F)cc1C2C=N. The first-order valence-corrected chi connectivity index (χ1v) is 8.73. The van der Waals surface area contributed by atoms with Gasteiger partial charge in [0.2, 0.25) is 0 Å². The van der Waals surface area contributed by atoms with Crippen molar-refractivity contribution in [1.29, 1.82) is 5.41 Å². The van der Waals surface area contributed by atoms with Gasteiger partial charge in [0.05, 0.1) is 19.1 Å². The topological polar surface area (TPSA) is 42.3 Å². The van der Waals surface area contributed by atoms with Crippen LogP contribution in [0.2, 0.25) is 0 Å². The van der Waals surface area contributed by atoms with E-state index in [1.54, 1.807) is 13.2 Å². The standard InChI is InChI=1S/C19H24F3NO2/c1-24-14-4-6-18(7-5-14)11-13-2-3-15(10-16(13)17(18)12-23)25-9-8-19(20,21)22/h2-3,10,12,14,17,23H,4-9,11H2,1H3. The van der Waals surface area contributed by atoms with Crippen LogP contribution >= 0.6 is 0 Å². The predicted octanol–water partition coefficient (Wildman–Crippen LogP) is 4.88. The maximum absolute atomic E-state index is 12.3. The summed E-state index contributed by atoms with van der Waals surface area (Å²) in [4.78, 5) is 0. The van der Waals surface area contributed by atoms with Crippen molar-refractivity contribution in [2.24, 2.45) is 5.41 Å². The molecule has 0 amide bonds. The average molecular weight is 355 g/mol. The van der Waals surface area contributed by atoms with E-state index >= 15 is 0 Å². The van der Waals surface area contributed by atoms with Crippen molar-refractivity contribution in [1.82, 2.24) is 0 Å². The lowest BCUT2D eigenvalue weighted by Crippen LogP contribution is -2.34. The molecule has 3 nitrogen and oxygen atoms in total. The molecule has 1 atom stereocenters. The van der Waals surface area contributed by atoms with E-state index in [0.717, 1.165) is 37.7 Å². The number of benzene rings is 1. The molecule has 0 bridgehead atoms. The Bertz CT molecular complexity index is 622. The molecular weight excluding hydrogens is 331 g/mol. The van der Waals surface area contributed by atoms with Crippen LogP contribution in [0.25, 0.3) is 0 Å². The summed E-state index contributed by atoms with van der Waals surface area (Å²) in [6.07, 6.45) is 1.53. The highest BCUT2D eigenvalue weighted by Crippen LogP contribution is 2.55. The molecule has 1 fully saturated rings. The average Bonchev–Trinajstić information content (AvgIpc) is 2.86. The van der Waals surface area contributed by atoms with Gasteiger partial charge in [0.15, 0.2) is 0 Å². The first kappa shape index (κ1) is 18.2. The molecule has 3 rings (SSSR count). The number of halogens is 3. The highest BCUT2D eigenvalue weighted by molar-refractivity contribution is 5.70. The molecule has 0 heterocycles. The summed E-state index contributed by atoms with van der Waals surface area (Å²) < 4.78 is 47.6. The Kier molecular flexibility index (Phi) is 5.09. The monoisotopic (exact) mass is 355 g/mol. The second-order valence-corrected chi connectivity index (χ2v) is 7.19. The Balaban J connectivity index is 1.73. The van der Waals surface area contributed by atoms with Gasteiger partial charge in [-0.05, 0) is 60.8 Å². The minimum Gasteiger partial charge on any atom is -0.493 e. The molecule has 0 aromatic heterocycles. The summed E-state index contributed by atoms with van der Waals surface area (Å²) in [5.41, 5.74) is 2.27. The Labute approximate surface area is 146 Å². The molecule has 0 aliphatic heterocycles. The number of fused-ring (bicyclic) bond motifs is 1. The summed E-state index contributed by atoms with van der Waals surface area (Å²) in [5, 5.41) is 7.93. The minimum atomic E-state index is -4.21. The molecule has 1 aromatic carbocycles. The van der Waals surface area contributed by atoms with Gasteiger partial charge in [0.1, 0.15) is 5.75 Å². The number of methoxy groups -OCH3 is 1. The molecule has 1 aromatic rings. The minimum absolute atomic E-state index is 0.00599. The van der Waals surface area contributed by atoms with Gasteiger partial charge in [-0.2, -0.15) is 13.2 Å². The highest BCUT2D eigenvalue weighted by Gasteiger charge is 2.47. The zero-order valence-corrected chi connectivity index (χ0v) is 14.4. The normalized spacial score (nSPS) is 28.8. The van der Waals surface area contributed by atoms with Gasteiger partial charge in [-0.3, -0.25) is 0 Å². The van der Waals surface area contributed by atoms with E-state index in [1.807, 2.05) is 12.1 Å². The lowest BCUT2D eigenvalue weighted by Gasteiger charge is -2.40. The maximum Gasteiger partial charge on any atom is 0.392 e. The highest BCUT2D eigenvalue weighted by atomic mass is 19.4. The molecule has 1 spiro atoms. The number of hydrogen-bond acceptors (Lipinski definition) is 3. The van der Waals surface area contributed by atoms with Gasteiger partial charge in [0.25, 0.3) is 0 Å². The van der Waals surface area contributed by atoms with E-state index in [9.17, 15) is 13.2 Å². The maximum atomic E-state index is 12.3. The van der Waals surface area contributed by atoms with Crippen molar-refractivity contribution >= 4 is 6.21 Å². The molecule has 0 saturated heterocycles. The van der Waals surface area contributed by atoms with Crippen molar-refractivity contribution in [2.45, 2.75) is 56.7 Å². The van der Waals surface area contributed by atoms with Gasteiger partial charge in [-0.25, -0.2) is 0 Å². The van der Waals surface area contributed by atoms with Crippen LogP contribution in [0, 0.1) is 10.8 Å². The number of rotatable bonds is 5. The third-order valence-electron chi connectivity index (χ3n) is 5.74. The number of alkyl halides is 3. The molecule has 1 saturated carbocycles. The number of nitrogens with one attached hydrogen (secondary N) is 1. The molecule has 1 N–H and O–H groups in total. The quantitative estimate of drug-likeness (QED) is 0.765. The van der Waals surface area contributed by atoms with Gasteiger partial charge >= 0.3 is 6.18 Å². The Hall–Kier alpha value is -1.56. The fourth-order valence-electron chi connectivity index (χ4n) is 4.37. The van der Waals surface area contributed by atoms with Crippen molar-refractivity contribution < 1.29 is 22.6 Å². The fourth-order valence-corrected chi connectivity index (χ4v) is 4.37. The third-order valence-corrected chi connectivity index (χ3v) is 5.74. The second kappa shape index (κ2) is 6.98. The van der Waals surface area contributed by atoms with Crippen LogP contribution in [0.4, 0.5) is 13.2 Å². The predicted molar refractivity (Wildman–Crippen MR) is 89.5 cm³/mol. The molecule has 138 valence electrons. The van der Waals surface area contributed by atoms with Crippen LogP contribution in [0.3, 0.4) is 0 Å². The van der Waals surface area contributed by atoms with Crippen LogP contribution in [-0.4, -0.2) is 32.2 Å². The second-order valence-electron chi connectivity index (χ2n) is 7.19. The first-order chi connectivity index (χ1) is 11.9. The van der Waals surface area contributed by atoms with E-state index in [-0.39, 0.29) is 17.9 Å². The van der Waals surface area contributed by atoms with E-state index in [0.29, 0.717) is 11.9 Å². The summed E-state index contributed by atoms with van der Waals surface area (Å²) in [6, 6.07) is 5.53. The van der Waals surface area contributed by atoms with E-state index in [4.69, 9.17) is 14.9 Å². The summed E-state index contributed by atoms with van der Waals surface area (Å²) in [5.74, 6) is 0.462. The number of hydrogen-bond donors (Lipinski definition) is 1. The molecule has 25 heavy (non-hydrogen) atoms. The van der Waals surface area contributed by atoms with Crippen molar-refractivity contribution in [3.05, 3.63) is 29.3 Å². The van der Waals surface area contributed by atoms with Crippen molar-refractivity contribution in [2.75, 3.05) is 13.7 Å². The Morgan fingerprint density at radius 3 is 2.60 bits per heavy atom. The Morgan fingerprint density at radius 1 is 1.28 bits per heavy atom. The molecule has 2 aliphatic rings. The zero-order valence-electron chi connectivity index (χ0n) is 14.4. The molecular formula is C19H24F3NO2. The van der Waals surface area contributed by atoms with Gasteiger partial charge in [-0.15, -0.1) is 0 Å². The summed E-state index contributed by atoms with van der Waals surface area (Å²) >= 11 is 0. The van der Waals surface area contributed by atoms with Crippen LogP contribution in [0.15, 0.2) is 18.2 Å². The van der Waals surface area contributed by atoms with Crippen LogP contribution in [0.5, 0.6) is 5.75 Å². The lowest BCUT2D eigenvalue weighted by atomic mass is 9.66. The molecule has 6 heteroatoms. The van der Waals surface area contributed by atoms with Crippen LogP contribution in [0.1, 0.15) is 49.1 Å². The van der Waals surface area contributed by atoms with Gasteiger partial charge in [-0.1, -0.05) is 6.07 Å². The van der Waals surface area contributed by atoms with E-state index < -0.39 is 12.6 Å². The van der Waals surface area contributed by atoms with Crippen LogP contribution in [-0.2, 0) is 11.2 Å². The summed E-state index contributed by atoms with van der Waals surface area (Å²) in [7, 11) is 1.74. The third kappa shape index (κ3) is 3.84. The molecule has 0 radical (unpaired) electrons. The first-order valence-electron chi connectivity index (χ1n) is 8.73. The summed E-state index contributed by atoms with van der Waals surface area (Å²) in [6.45, 7) is -0.377. The van der Waals surface area contributed by atoms with E-state index in [2.05, 4.69) is 0 Å². The largest absolute Gasteiger partial charge is 0.493 e. The molecule has 2 aliphatic carbocycles. The fraction of sp³-hybridized carbons (Fsp3) is 0.632. The van der Waals surface area contributed by atoms with Crippen LogP contribution < -0.4 is 4.74 Å². The van der Waals surface area contributed by atoms with Gasteiger partial charge < -0.3 is 14.9 Å². The van der Waals surface area contributed by atoms with E-state index in [1.165, 1.54) is 11.8 Å². The molecule has 1 unspecified atom stereocenters. The zero-order chi connectivity index (χ0) is 18.1. The lowest BCUT2D eigenvalue weighted by molar-refractivity contribution is -0.139. The smallest absolute Gasteiger partial charge is 0.392 e. The Morgan fingerprint density at radius 2 is 2.00 bits per heavy atom. The van der Waals surface area contributed by atoms with Crippen molar-refractivity contribution in [3.63, 3.8) is 0 Å².